The molecule has 2 aromatic rings. The average Bonchev–Trinajstić information content (AvgIpc) is 2.43. The van der Waals surface area contributed by atoms with Crippen molar-refractivity contribution in [1.29, 1.82) is 0 Å². The molecule has 3 N–H and O–H groups in total. The minimum atomic E-state index is -0.752. The predicted molar refractivity (Wildman–Crippen MR) is 85.8 cm³/mol. The molecular formula is C15H13BrClFN2O. The maximum Gasteiger partial charge on any atom is 0.244 e. The van der Waals surface area contributed by atoms with E-state index >= 15 is 0 Å². The monoisotopic (exact) mass is 370 g/mol. The van der Waals surface area contributed by atoms with Crippen LogP contribution in [-0.2, 0) is 4.79 Å². The first kappa shape index (κ1) is 15.8. The van der Waals surface area contributed by atoms with Gasteiger partial charge in [0.2, 0.25) is 5.91 Å². The van der Waals surface area contributed by atoms with E-state index in [9.17, 15) is 9.18 Å². The van der Waals surface area contributed by atoms with Gasteiger partial charge in [-0.3, -0.25) is 4.79 Å². The third-order valence-electron chi connectivity index (χ3n) is 3.03. The number of nitrogens with one attached hydrogen (secondary N) is 1. The summed E-state index contributed by atoms with van der Waals surface area (Å²) in [6.45, 7) is 1.63. The van der Waals surface area contributed by atoms with E-state index in [4.69, 9.17) is 17.3 Å². The van der Waals surface area contributed by atoms with Crippen LogP contribution in [0.1, 0.15) is 17.2 Å². The number of anilines is 1. The molecule has 0 aromatic heterocycles. The quantitative estimate of drug-likeness (QED) is 0.847. The van der Waals surface area contributed by atoms with E-state index in [1.165, 1.54) is 12.1 Å². The van der Waals surface area contributed by atoms with E-state index in [-0.39, 0.29) is 5.82 Å². The second-order valence-electron chi connectivity index (χ2n) is 4.62. The van der Waals surface area contributed by atoms with Gasteiger partial charge in [0.05, 0.1) is 5.02 Å². The topological polar surface area (TPSA) is 55.1 Å². The zero-order valence-corrected chi connectivity index (χ0v) is 13.5. The lowest BCUT2D eigenvalue weighted by Gasteiger charge is -2.18. The maximum atomic E-state index is 13.3. The summed E-state index contributed by atoms with van der Waals surface area (Å²) in [5, 5.41) is 3.59. The fraction of sp³-hybridized carbons (Fsp3) is 0.133. The Bertz CT molecular complexity index is 693. The Balaban J connectivity index is 2.32. The van der Waals surface area contributed by atoms with Gasteiger partial charge in [-0.1, -0.05) is 23.7 Å². The third-order valence-corrected chi connectivity index (χ3v) is 4.24. The Morgan fingerprint density at radius 3 is 2.62 bits per heavy atom. The lowest BCUT2D eigenvalue weighted by atomic mass is 10.0. The number of primary amides is 1. The van der Waals surface area contributed by atoms with Gasteiger partial charge in [0.1, 0.15) is 11.9 Å². The van der Waals surface area contributed by atoms with Crippen molar-refractivity contribution in [1.82, 2.24) is 0 Å². The fourth-order valence-electron chi connectivity index (χ4n) is 1.92. The number of carbonyl (C=O) groups is 1. The standard InChI is InChI=1S/C15H13BrClFN2O/c1-8-6-9(2-5-13(8)18)14(15(19)21)20-10-3-4-12(17)11(16)7-10/h2-7,14,20H,1H3,(H2,19,21). The van der Waals surface area contributed by atoms with Crippen molar-refractivity contribution >= 4 is 39.1 Å². The minimum absolute atomic E-state index is 0.323. The van der Waals surface area contributed by atoms with Crippen LogP contribution < -0.4 is 11.1 Å². The Morgan fingerprint density at radius 2 is 2.05 bits per heavy atom. The molecule has 0 heterocycles. The molecule has 1 amide bonds. The smallest absolute Gasteiger partial charge is 0.244 e. The predicted octanol–water partition coefficient (Wildman–Crippen LogP) is 4.19. The molecular weight excluding hydrogens is 359 g/mol. The number of rotatable bonds is 4. The molecule has 0 fully saturated rings. The van der Waals surface area contributed by atoms with Crippen molar-refractivity contribution in [2.75, 3.05) is 5.32 Å². The highest BCUT2D eigenvalue weighted by atomic mass is 79.9. The highest BCUT2D eigenvalue weighted by molar-refractivity contribution is 9.10. The lowest BCUT2D eigenvalue weighted by molar-refractivity contribution is -0.118. The van der Waals surface area contributed by atoms with E-state index in [1.807, 2.05) is 0 Å². The Labute approximate surface area is 135 Å². The van der Waals surface area contributed by atoms with Crippen molar-refractivity contribution in [3.63, 3.8) is 0 Å². The molecule has 21 heavy (non-hydrogen) atoms. The first-order valence-electron chi connectivity index (χ1n) is 6.15. The summed E-state index contributed by atoms with van der Waals surface area (Å²) in [5.74, 6) is -0.872. The largest absolute Gasteiger partial charge is 0.370 e. The number of amides is 1. The van der Waals surface area contributed by atoms with Crippen LogP contribution in [-0.4, -0.2) is 5.91 Å². The summed E-state index contributed by atoms with van der Waals surface area (Å²) >= 11 is 9.24. The lowest BCUT2D eigenvalue weighted by Crippen LogP contribution is -2.27. The number of hydrogen-bond donors (Lipinski definition) is 2. The first-order chi connectivity index (χ1) is 9.88. The molecule has 0 aliphatic rings. The molecule has 0 saturated heterocycles. The molecule has 0 bridgehead atoms. The van der Waals surface area contributed by atoms with Crippen LogP contribution in [0.15, 0.2) is 40.9 Å². The van der Waals surface area contributed by atoms with Gasteiger partial charge in [0, 0.05) is 10.2 Å². The molecule has 1 atom stereocenters. The van der Waals surface area contributed by atoms with Crippen molar-refractivity contribution in [3.05, 3.63) is 62.8 Å². The fourth-order valence-corrected chi connectivity index (χ4v) is 2.42. The molecule has 0 aliphatic carbocycles. The maximum absolute atomic E-state index is 13.3. The van der Waals surface area contributed by atoms with E-state index < -0.39 is 11.9 Å². The van der Waals surface area contributed by atoms with Crippen LogP contribution in [0.3, 0.4) is 0 Å². The summed E-state index contributed by atoms with van der Waals surface area (Å²) in [6, 6.07) is 8.88. The van der Waals surface area contributed by atoms with Crippen LogP contribution in [0.4, 0.5) is 10.1 Å². The first-order valence-corrected chi connectivity index (χ1v) is 7.32. The van der Waals surface area contributed by atoms with Crippen LogP contribution in [0.5, 0.6) is 0 Å². The number of halogens is 3. The Hall–Kier alpha value is -1.59. The molecule has 6 heteroatoms. The van der Waals surface area contributed by atoms with Crippen molar-refractivity contribution in [3.8, 4) is 0 Å². The van der Waals surface area contributed by atoms with Gasteiger partial charge in [0.25, 0.3) is 0 Å². The second-order valence-corrected chi connectivity index (χ2v) is 5.88. The van der Waals surface area contributed by atoms with Gasteiger partial charge >= 0.3 is 0 Å². The molecule has 2 aromatic carbocycles. The summed E-state index contributed by atoms with van der Waals surface area (Å²) in [5.41, 5.74) is 7.18. The molecule has 110 valence electrons. The van der Waals surface area contributed by atoms with Crippen LogP contribution in [0, 0.1) is 12.7 Å². The molecule has 0 saturated carbocycles. The van der Waals surface area contributed by atoms with E-state index in [0.717, 1.165) is 0 Å². The van der Waals surface area contributed by atoms with E-state index in [2.05, 4.69) is 21.2 Å². The van der Waals surface area contributed by atoms with Crippen molar-refractivity contribution in [2.24, 2.45) is 5.73 Å². The second kappa shape index (κ2) is 6.45. The third kappa shape index (κ3) is 3.74. The van der Waals surface area contributed by atoms with Gasteiger partial charge in [-0.2, -0.15) is 0 Å². The molecule has 3 nitrogen and oxygen atoms in total. The zero-order valence-electron chi connectivity index (χ0n) is 11.2. The highest BCUT2D eigenvalue weighted by Crippen LogP contribution is 2.28. The normalized spacial score (nSPS) is 12.0. The Morgan fingerprint density at radius 1 is 1.33 bits per heavy atom. The average molecular weight is 372 g/mol. The van der Waals surface area contributed by atoms with Gasteiger partial charge in [0.15, 0.2) is 0 Å². The number of aryl methyl sites for hydroxylation is 1. The summed E-state index contributed by atoms with van der Waals surface area (Å²) in [7, 11) is 0. The molecule has 0 radical (unpaired) electrons. The molecule has 0 spiro atoms. The van der Waals surface area contributed by atoms with Gasteiger partial charge in [-0.05, 0) is 58.2 Å². The van der Waals surface area contributed by atoms with Crippen LogP contribution in [0.2, 0.25) is 5.02 Å². The van der Waals surface area contributed by atoms with Gasteiger partial charge in [-0.25, -0.2) is 4.39 Å². The number of carbonyl (C=O) groups excluding carboxylic acids is 1. The number of hydrogen-bond acceptors (Lipinski definition) is 2. The van der Waals surface area contributed by atoms with Crippen molar-refractivity contribution in [2.45, 2.75) is 13.0 Å². The van der Waals surface area contributed by atoms with E-state index in [0.29, 0.717) is 26.3 Å². The van der Waals surface area contributed by atoms with E-state index in [1.54, 1.807) is 31.2 Å². The van der Waals surface area contributed by atoms with Crippen LogP contribution in [0.25, 0.3) is 0 Å². The van der Waals surface area contributed by atoms with Gasteiger partial charge < -0.3 is 11.1 Å². The SMILES string of the molecule is Cc1cc(C(Nc2ccc(Cl)c(Br)c2)C(N)=O)ccc1F. The van der Waals surface area contributed by atoms with Crippen LogP contribution >= 0.6 is 27.5 Å². The number of benzene rings is 2. The summed E-state index contributed by atoms with van der Waals surface area (Å²) in [6.07, 6.45) is 0. The molecule has 2 rings (SSSR count). The zero-order chi connectivity index (χ0) is 15.6. The van der Waals surface area contributed by atoms with Crippen molar-refractivity contribution < 1.29 is 9.18 Å². The molecule has 0 aliphatic heterocycles. The highest BCUT2D eigenvalue weighted by Gasteiger charge is 2.18. The Kier molecular flexibility index (Phi) is 4.85. The van der Waals surface area contributed by atoms with Gasteiger partial charge in [-0.15, -0.1) is 0 Å². The molecule has 1 unspecified atom stereocenters. The summed E-state index contributed by atoms with van der Waals surface area (Å²) < 4.78 is 14.0. The number of nitrogens with two attached hydrogens (primary N) is 1. The minimum Gasteiger partial charge on any atom is -0.370 e. The summed E-state index contributed by atoms with van der Waals surface area (Å²) in [4.78, 5) is 11.7.